The Hall–Kier alpha value is -3.19. The lowest BCUT2D eigenvalue weighted by atomic mass is 10.2. The van der Waals surface area contributed by atoms with Crippen molar-refractivity contribution in [1.29, 1.82) is 0 Å². The summed E-state index contributed by atoms with van der Waals surface area (Å²) >= 11 is 0.529. The van der Waals surface area contributed by atoms with Crippen molar-refractivity contribution in [1.82, 2.24) is 14.8 Å². The average molecular weight is 394 g/mol. The first kappa shape index (κ1) is 18.6. The van der Waals surface area contributed by atoms with Gasteiger partial charge in [-0.05, 0) is 30.0 Å². The summed E-state index contributed by atoms with van der Waals surface area (Å²) in [5.74, 6) is 3.19. The van der Waals surface area contributed by atoms with Gasteiger partial charge in [-0.2, -0.15) is 18.3 Å². The molecule has 1 N–H and O–H groups in total. The van der Waals surface area contributed by atoms with Gasteiger partial charge in [0.2, 0.25) is 0 Å². The van der Waals surface area contributed by atoms with E-state index in [1.165, 1.54) is 23.0 Å². The summed E-state index contributed by atoms with van der Waals surface area (Å²) in [6.07, 6.45) is -3.10. The third-order valence-corrected chi connectivity index (χ3v) is 4.42. The molecule has 3 aromatic rings. The SMILES string of the molecule is C=C(F)C(=O)Nc1cnc2c(c1)c(C#Cc1ccc(C(F)(F)F)s1)nn2C. The number of nitrogens with one attached hydrogen (secondary N) is 1. The second-order valence-electron chi connectivity index (χ2n) is 5.34. The smallest absolute Gasteiger partial charge is 0.319 e. The minimum absolute atomic E-state index is 0.206. The van der Waals surface area contributed by atoms with E-state index >= 15 is 0 Å². The van der Waals surface area contributed by atoms with Crippen LogP contribution >= 0.6 is 11.3 Å². The highest BCUT2D eigenvalue weighted by atomic mass is 32.1. The number of pyridine rings is 1. The zero-order chi connectivity index (χ0) is 19.8. The molecule has 0 bridgehead atoms. The Labute approximate surface area is 154 Å². The van der Waals surface area contributed by atoms with E-state index < -0.39 is 22.8 Å². The predicted octanol–water partition coefficient (Wildman–Crippen LogP) is 3.87. The average Bonchev–Trinajstić information content (AvgIpc) is 3.18. The van der Waals surface area contributed by atoms with Crippen molar-refractivity contribution in [2.75, 3.05) is 5.32 Å². The van der Waals surface area contributed by atoms with Crippen molar-refractivity contribution in [3.8, 4) is 11.8 Å². The number of nitrogens with zero attached hydrogens (tertiary/aromatic N) is 3. The van der Waals surface area contributed by atoms with Crippen LogP contribution in [0.3, 0.4) is 0 Å². The summed E-state index contributed by atoms with van der Waals surface area (Å²) in [6.45, 7) is 2.90. The highest BCUT2D eigenvalue weighted by molar-refractivity contribution is 7.12. The predicted molar refractivity (Wildman–Crippen MR) is 92.7 cm³/mol. The Balaban J connectivity index is 1.96. The summed E-state index contributed by atoms with van der Waals surface area (Å²) in [7, 11) is 1.62. The lowest BCUT2D eigenvalue weighted by Crippen LogP contribution is -2.11. The number of carbonyl (C=O) groups excluding carboxylic acids is 1. The van der Waals surface area contributed by atoms with Crippen LogP contribution in [0.1, 0.15) is 15.4 Å². The van der Waals surface area contributed by atoms with Crippen LogP contribution < -0.4 is 5.32 Å². The number of aromatic nitrogens is 3. The fraction of sp³-hybridized carbons (Fsp3) is 0.118. The van der Waals surface area contributed by atoms with Crippen molar-refractivity contribution < 1.29 is 22.4 Å². The van der Waals surface area contributed by atoms with E-state index in [-0.39, 0.29) is 16.3 Å². The Morgan fingerprint density at radius 2 is 2.07 bits per heavy atom. The summed E-state index contributed by atoms with van der Waals surface area (Å²) in [6, 6.07) is 3.74. The number of halogens is 4. The maximum absolute atomic E-state index is 12.8. The fourth-order valence-corrected chi connectivity index (χ4v) is 2.91. The first-order valence-electron chi connectivity index (χ1n) is 7.32. The summed E-state index contributed by atoms with van der Waals surface area (Å²) < 4.78 is 52.2. The number of carbonyl (C=O) groups is 1. The number of aryl methyl sites for hydroxylation is 1. The van der Waals surface area contributed by atoms with E-state index in [0.29, 0.717) is 22.4 Å². The molecule has 3 rings (SSSR count). The second kappa shape index (κ2) is 6.85. The minimum Gasteiger partial charge on any atom is -0.319 e. The normalized spacial score (nSPS) is 11.1. The number of anilines is 1. The third-order valence-electron chi connectivity index (χ3n) is 3.37. The van der Waals surface area contributed by atoms with Crippen LogP contribution in [-0.2, 0) is 18.0 Å². The highest BCUT2D eigenvalue weighted by Crippen LogP contribution is 2.34. The Kier molecular flexibility index (Phi) is 4.72. The second-order valence-corrected chi connectivity index (χ2v) is 6.42. The van der Waals surface area contributed by atoms with E-state index in [2.05, 4.69) is 33.8 Å². The van der Waals surface area contributed by atoms with Crippen LogP contribution in [0.4, 0.5) is 23.2 Å². The van der Waals surface area contributed by atoms with Crippen molar-refractivity contribution in [2.45, 2.75) is 6.18 Å². The summed E-state index contributed by atoms with van der Waals surface area (Å²) in [4.78, 5) is 15.0. The van der Waals surface area contributed by atoms with Crippen LogP contribution in [0.25, 0.3) is 11.0 Å². The van der Waals surface area contributed by atoms with Crippen LogP contribution in [0.15, 0.2) is 36.8 Å². The van der Waals surface area contributed by atoms with E-state index in [1.807, 2.05) is 0 Å². The third kappa shape index (κ3) is 3.98. The molecule has 0 atom stereocenters. The van der Waals surface area contributed by atoms with Gasteiger partial charge in [-0.1, -0.05) is 6.58 Å². The van der Waals surface area contributed by atoms with Crippen LogP contribution in [0.5, 0.6) is 0 Å². The summed E-state index contributed by atoms with van der Waals surface area (Å²) in [5.41, 5.74) is 0.911. The number of rotatable bonds is 2. The van der Waals surface area contributed by atoms with Crippen molar-refractivity contribution in [3.63, 3.8) is 0 Å². The number of hydrogen-bond donors (Lipinski definition) is 1. The quantitative estimate of drug-likeness (QED) is 0.408. The lowest BCUT2D eigenvalue weighted by molar-refractivity contribution is -0.134. The summed E-state index contributed by atoms with van der Waals surface area (Å²) in [5, 5.41) is 6.91. The monoisotopic (exact) mass is 394 g/mol. The van der Waals surface area contributed by atoms with E-state index in [0.717, 1.165) is 6.07 Å². The largest absolute Gasteiger partial charge is 0.425 e. The van der Waals surface area contributed by atoms with Gasteiger partial charge in [0, 0.05) is 7.05 Å². The molecule has 0 unspecified atom stereocenters. The van der Waals surface area contributed by atoms with Gasteiger partial charge in [0.05, 0.1) is 22.1 Å². The van der Waals surface area contributed by atoms with Gasteiger partial charge in [0.15, 0.2) is 11.5 Å². The molecule has 0 aliphatic rings. The van der Waals surface area contributed by atoms with Gasteiger partial charge in [0.25, 0.3) is 5.91 Å². The minimum atomic E-state index is -4.42. The molecule has 0 spiro atoms. The zero-order valence-electron chi connectivity index (χ0n) is 13.7. The van der Waals surface area contributed by atoms with E-state index in [4.69, 9.17) is 0 Å². The van der Waals surface area contributed by atoms with Gasteiger partial charge in [0.1, 0.15) is 10.6 Å². The molecule has 0 fully saturated rings. The lowest BCUT2D eigenvalue weighted by Gasteiger charge is -2.02. The zero-order valence-corrected chi connectivity index (χ0v) is 14.5. The van der Waals surface area contributed by atoms with Gasteiger partial charge in [-0.25, -0.2) is 14.1 Å². The Morgan fingerprint density at radius 3 is 2.70 bits per heavy atom. The number of fused-ring (bicyclic) bond motifs is 1. The van der Waals surface area contributed by atoms with Crippen molar-refractivity contribution in [3.05, 3.63) is 52.2 Å². The molecule has 27 heavy (non-hydrogen) atoms. The fourth-order valence-electron chi connectivity index (χ4n) is 2.18. The van der Waals surface area contributed by atoms with Gasteiger partial charge in [-0.15, -0.1) is 11.3 Å². The molecule has 0 saturated heterocycles. The molecule has 5 nitrogen and oxygen atoms in total. The first-order valence-corrected chi connectivity index (χ1v) is 8.14. The molecular weight excluding hydrogens is 384 g/mol. The molecule has 10 heteroatoms. The van der Waals surface area contributed by atoms with E-state index in [9.17, 15) is 22.4 Å². The molecule has 3 heterocycles. The topological polar surface area (TPSA) is 59.8 Å². The number of alkyl halides is 3. The van der Waals surface area contributed by atoms with Gasteiger partial charge >= 0.3 is 6.18 Å². The molecular formula is C17H10F4N4OS. The highest BCUT2D eigenvalue weighted by Gasteiger charge is 2.32. The number of thiophene rings is 1. The molecule has 1 amide bonds. The molecule has 138 valence electrons. The van der Waals surface area contributed by atoms with Crippen LogP contribution in [-0.4, -0.2) is 20.7 Å². The van der Waals surface area contributed by atoms with Crippen LogP contribution in [0.2, 0.25) is 0 Å². The molecule has 0 aliphatic carbocycles. The number of hydrogen-bond acceptors (Lipinski definition) is 4. The Morgan fingerprint density at radius 1 is 1.33 bits per heavy atom. The molecule has 0 aromatic carbocycles. The van der Waals surface area contributed by atoms with Gasteiger partial charge in [-0.3, -0.25) is 4.79 Å². The standard InChI is InChI=1S/C17H10F4N4OS/c1-9(18)16(26)23-10-7-12-13(24-25(2)15(12)22-8-10)5-3-11-4-6-14(27-11)17(19,20)21/h4,6-8H,1H2,2H3,(H,23,26). The van der Waals surface area contributed by atoms with Crippen LogP contribution in [0, 0.1) is 11.8 Å². The van der Waals surface area contributed by atoms with Gasteiger partial charge < -0.3 is 5.32 Å². The first-order chi connectivity index (χ1) is 12.6. The molecule has 0 saturated carbocycles. The maximum atomic E-state index is 12.8. The molecule has 0 aliphatic heterocycles. The number of amides is 1. The van der Waals surface area contributed by atoms with Crippen molar-refractivity contribution in [2.24, 2.45) is 7.05 Å². The molecule has 0 radical (unpaired) electrons. The van der Waals surface area contributed by atoms with E-state index in [1.54, 1.807) is 7.05 Å². The Bertz CT molecular complexity index is 1120. The van der Waals surface area contributed by atoms with Crippen molar-refractivity contribution >= 4 is 34.0 Å². The maximum Gasteiger partial charge on any atom is 0.425 e. The molecule has 3 aromatic heterocycles.